The third-order valence-electron chi connectivity index (χ3n) is 3.10. The summed E-state index contributed by atoms with van der Waals surface area (Å²) in [5.41, 5.74) is 1.23. The van der Waals surface area contributed by atoms with Gasteiger partial charge in [-0.1, -0.05) is 0 Å². The third kappa shape index (κ3) is 2.71. The van der Waals surface area contributed by atoms with Gasteiger partial charge in [-0.3, -0.25) is 4.79 Å². The second-order valence-corrected chi connectivity index (χ2v) is 4.56. The Morgan fingerprint density at radius 2 is 2.26 bits per heavy atom. The number of alkyl halides is 1. The molecule has 0 spiro atoms. The second kappa shape index (κ2) is 5.57. The van der Waals surface area contributed by atoms with Crippen LogP contribution in [0.4, 0.5) is 4.39 Å². The molecule has 0 aliphatic rings. The van der Waals surface area contributed by atoms with Crippen LogP contribution in [-0.2, 0) is 17.2 Å². The molecule has 4 nitrogen and oxygen atoms in total. The van der Waals surface area contributed by atoms with Gasteiger partial charge in [0, 0.05) is 13.6 Å². The van der Waals surface area contributed by atoms with Crippen molar-refractivity contribution in [2.24, 2.45) is 0 Å². The number of carbonyl (C=O) groups is 1. The number of amides is 1. The number of nitrogens with zero attached hydrogens (tertiary/aromatic N) is 3. The highest BCUT2D eigenvalue weighted by Gasteiger charge is 2.15. The van der Waals surface area contributed by atoms with Crippen LogP contribution in [0.3, 0.4) is 0 Å². The summed E-state index contributed by atoms with van der Waals surface area (Å²) < 4.78 is 15.0. The topological polar surface area (TPSA) is 38.1 Å². The molecule has 0 N–H and O–H groups in total. The molecule has 2 rings (SSSR count). The molecular formula is C13H15ClFN3O. The Morgan fingerprint density at radius 1 is 1.53 bits per heavy atom. The number of fused-ring (bicyclic) bond motifs is 1. The molecule has 6 heteroatoms. The number of benzene rings is 1. The van der Waals surface area contributed by atoms with E-state index in [1.807, 2.05) is 6.92 Å². The first-order chi connectivity index (χ1) is 9.06. The standard InChI is InChI=1S/C13H15ClFN3O/c1-3-17(2)13(19)8-18-11-6-9(15)4-5-10(11)16-12(18)7-14/h4-6H,3,7-8H2,1-2H3. The van der Waals surface area contributed by atoms with Gasteiger partial charge in [-0.15, -0.1) is 11.6 Å². The van der Waals surface area contributed by atoms with Gasteiger partial charge in [0.15, 0.2) is 0 Å². The number of carbonyl (C=O) groups excluding carboxylic acids is 1. The van der Waals surface area contributed by atoms with Gasteiger partial charge in [-0.25, -0.2) is 9.37 Å². The maximum Gasteiger partial charge on any atom is 0.242 e. The number of hydrogen-bond donors (Lipinski definition) is 0. The Hall–Kier alpha value is -1.62. The number of aromatic nitrogens is 2. The summed E-state index contributed by atoms with van der Waals surface area (Å²) in [4.78, 5) is 17.9. The van der Waals surface area contributed by atoms with Gasteiger partial charge in [-0.05, 0) is 25.1 Å². The van der Waals surface area contributed by atoms with Crippen LogP contribution in [0.25, 0.3) is 11.0 Å². The molecular weight excluding hydrogens is 269 g/mol. The minimum Gasteiger partial charge on any atom is -0.344 e. The molecule has 1 heterocycles. The van der Waals surface area contributed by atoms with Gasteiger partial charge in [0.25, 0.3) is 0 Å². The zero-order valence-corrected chi connectivity index (χ0v) is 11.6. The summed E-state index contributed by atoms with van der Waals surface area (Å²) in [6.45, 7) is 2.63. The lowest BCUT2D eigenvalue weighted by molar-refractivity contribution is -0.130. The van der Waals surface area contributed by atoms with Gasteiger partial charge in [0.2, 0.25) is 5.91 Å². The molecule has 0 saturated carbocycles. The normalized spacial score (nSPS) is 10.9. The first-order valence-corrected chi connectivity index (χ1v) is 6.54. The molecule has 0 fully saturated rings. The van der Waals surface area contributed by atoms with Crippen molar-refractivity contribution in [2.45, 2.75) is 19.3 Å². The zero-order chi connectivity index (χ0) is 14.0. The molecule has 19 heavy (non-hydrogen) atoms. The van der Waals surface area contributed by atoms with Crippen LogP contribution in [0.2, 0.25) is 0 Å². The molecule has 0 bridgehead atoms. The lowest BCUT2D eigenvalue weighted by Crippen LogP contribution is -2.30. The predicted octanol–water partition coefficient (Wildman–Crippen LogP) is 2.39. The largest absolute Gasteiger partial charge is 0.344 e. The van der Waals surface area contributed by atoms with E-state index in [2.05, 4.69) is 4.98 Å². The van der Waals surface area contributed by atoms with Crippen LogP contribution in [-0.4, -0.2) is 34.0 Å². The van der Waals surface area contributed by atoms with Gasteiger partial charge >= 0.3 is 0 Å². The first-order valence-electron chi connectivity index (χ1n) is 6.01. The smallest absolute Gasteiger partial charge is 0.242 e. The van der Waals surface area contributed by atoms with Gasteiger partial charge < -0.3 is 9.47 Å². The van der Waals surface area contributed by atoms with Crippen molar-refractivity contribution in [3.8, 4) is 0 Å². The zero-order valence-electron chi connectivity index (χ0n) is 10.9. The fourth-order valence-electron chi connectivity index (χ4n) is 1.86. The first kappa shape index (κ1) is 13.8. The van der Waals surface area contributed by atoms with Crippen molar-refractivity contribution in [3.05, 3.63) is 29.8 Å². The molecule has 1 aromatic carbocycles. The van der Waals surface area contributed by atoms with Crippen molar-refractivity contribution in [2.75, 3.05) is 13.6 Å². The molecule has 102 valence electrons. The molecule has 0 atom stereocenters. The lowest BCUT2D eigenvalue weighted by atomic mass is 10.3. The average Bonchev–Trinajstić information content (AvgIpc) is 2.75. The van der Waals surface area contributed by atoms with Crippen LogP contribution in [0, 0.1) is 5.82 Å². The number of imidazole rings is 1. The fourth-order valence-corrected chi connectivity index (χ4v) is 2.06. The van der Waals surface area contributed by atoms with E-state index in [1.54, 1.807) is 22.6 Å². The molecule has 1 aromatic heterocycles. The number of rotatable bonds is 4. The van der Waals surface area contributed by atoms with Crippen LogP contribution in [0.5, 0.6) is 0 Å². The van der Waals surface area contributed by atoms with Crippen LogP contribution >= 0.6 is 11.6 Å². The van der Waals surface area contributed by atoms with E-state index in [0.717, 1.165) is 0 Å². The molecule has 0 aliphatic carbocycles. The number of likely N-dealkylation sites (N-methyl/N-ethyl adjacent to an activating group) is 1. The van der Waals surface area contributed by atoms with E-state index in [9.17, 15) is 9.18 Å². The van der Waals surface area contributed by atoms with E-state index < -0.39 is 0 Å². The van der Waals surface area contributed by atoms with Gasteiger partial charge in [0.05, 0.1) is 16.9 Å². The maximum atomic E-state index is 13.3. The molecule has 1 amide bonds. The van der Waals surface area contributed by atoms with Crippen molar-refractivity contribution in [1.29, 1.82) is 0 Å². The summed E-state index contributed by atoms with van der Waals surface area (Å²) in [5, 5.41) is 0. The minimum atomic E-state index is -0.355. The van der Waals surface area contributed by atoms with E-state index in [0.29, 0.717) is 23.4 Å². The highest BCUT2D eigenvalue weighted by Crippen LogP contribution is 2.19. The molecule has 0 unspecified atom stereocenters. The molecule has 0 aliphatic heterocycles. The summed E-state index contributed by atoms with van der Waals surface area (Å²) in [6.07, 6.45) is 0. The lowest BCUT2D eigenvalue weighted by Gasteiger charge is -2.16. The van der Waals surface area contributed by atoms with Gasteiger partial charge in [0.1, 0.15) is 18.2 Å². The van der Waals surface area contributed by atoms with Crippen LogP contribution in [0.1, 0.15) is 12.7 Å². The SMILES string of the molecule is CCN(C)C(=O)Cn1c(CCl)nc2ccc(F)cc21. The van der Waals surface area contributed by atoms with Crippen LogP contribution in [0.15, 0.2) is 18.2 Å². The number of hydrogen-bond acceptors (Lipinski definition) is 2. The van der Waals surface area contributed by atoms with Crippen LogP contribution < -0.4 is 0 Å². The molecule has 0 saturated heterocycles. The van der Waals surface area contributed by atoms with Crippen molar-refractivity contribution >= 4 is 28.5 Å². The minimum absolute atomic E-state index is 0.0579. The molecule has 0 radical (unpaired) electrons. The van der Waals surface area contributed by atoms with E-state index in [1.165, 1.54) is 12.1 Å². The Bertz CT molecular complexity index is 611. The Morgan fingerprint density at radius 3 is 2.89 bits per heavy atom. The second-order valence-electron chi connectivity index (χ2n) is 4.29. The van der Waals surface area contributed by atoms with E-state index in [-0.39, 0.29) is 24.1 Å². The number of halogens is 2. The van der Waals surface area contributed by atoms with Crippen molar-refractivity contribution in [1.82, 2.24) is 14.5 Å². The summed E-state index contributed by atoms with van der Waals surface area (Å²) >= 11 is 5.84. The fraction of sp³-hybridized carbons (Fsp3) is 0.385. The quantitative estimate of drug-likeness (QED) is 0.808. The van der Waals surface area contributed by atoms with Gasteiger partial charge in [-0.2, -0.15) is 0 Å². The predicted molar refractivity (Wildman–Crippen MR) is 72.6 cm³/mol. The maximum absolute atomic E-state index is 13.3. The Labute approximate surface area is 115 Å². The average molecular weight is 284 g/mol. The Balaban J connectivity index is 2.45. The molecule has 2 aromatic rings. The highest BCUT2D eigenvalue weighted by atomic mass is 35.5. The van der Waals surface area contributed by atoms with E-state index >= 15 is 0 Å². The van der Waals surface area contributed by atoms with Crippen molar-refractivity contribution in [3.63, 3.8) is 0 Å². The Kier molecular flexibility index (Phi) is 4.04. The highest BCUT2D eigenvalue weighted by molar-refractivity contribution is 6.16. The third-order valence-corrected chi connectivity index (χ3v) is 3.34. The monoisotopic (exact) mass is 283 g/mol. The van der Waals surface area contributed by atoms with Crippen molar-refractivity contribution < 1.29 is 9.18 Å². The summed E-state index contributed by atoms with van der Waals surface area (Å²) in [6, 6.07) is 4.31. The van der Waals surface area contributed by atoms with E-state index in [4.69, 9.17) is 11.6 Å². The summed E-state index contributed by atoms with van der Waals surface area (Å²) in [5.74, 6) is 0.336. The summed E-state index contributed by atoms with van der Waals surface area (Å²) in [7, 11) is 1.72.